The largest absolute Gasteiger partial charge is 0.504 e. The molecule has 104 valence electrons. The number of carbonyl (C=O) groups excluding carboxylic acids is 1. The zero-order valence-electron chi connectivity index (χ0n) is 10.7. The van der Waals surface area contributed by atoms with Gasteiger partial charge >= 0.3 is 6.03 Å². The predicted molar refractivity (Wildman–Crippen MR) is 78.8 cm³/mol. The van der Waals surface area contributed by atoms with Crippen molar-refractivity contribution in [2.45, 2.75) is 0 Å². The fraction of sp³-hybridized carbons (Fsp3) is 0.0714. The topological polar surface area (TPSA) is 70.6 Å². The Kier molecular flexibility index (Phi) is 4.32. The lowest BCUT2D eigenvalue weighted by Gasteiger charge is -2.10. The first-order valence-electron chi connectivity index (χ1n) is 5.79. The van der Waals surface area contributed by atoms with Crippen molar-refractivity contribution < 1.29 is 14.6 Å². The molecule has 0 saturated heterocycles. The van der Waals surface area contributed by atoms with Gasteiger partial charge in [-0.2, -0.15) is 0 Å². The number of phenols is 1. The second kappa shape index (κ2) is 6.16. The highest BCUT2D eigenvalue weighted by molar-refractivity contribution is 6.32. The maximum Gasteiger partial charge on any atom is 0.323 e. The Hall–Kier alpha value is -2.40. The standard InChI is InChI=1S/C14H13ClN2O3/c1-20-10-5-2-4-9(8-10)16-14(19)17-12-7-3-6-11(15)13(12)18/h2-8,18H,1H3,(H2,16,17,19). The molecule has 0 aliphatic carbocycles. The fourth-order valence-electron chi connectivity index (χ4n) is 1.60. The molecule has 0 aliphatic rings. The van der Waals surface area contributed by atoms with Crippen LogP contribution < -0.4 is 15.4 Å². The molecule has 5 nitrogen and oxygen atoms in total. The van der Waals surface area contributed by atoms with E-state index in [9.17, 15) is 9.90 Å². The number of benzene rings is 2. The number of hydrogen-bond acceptors (Lipinski definition) is 3. The molecule has 2 amide bonds. The summed E-state index contributed by atoms with van der Waals surface area (Å²) in [5.41, 5.74) is 0.807. The number of amides is 2. The first kappa shape index (κ1) is 14.0. The molecule has 2 aromatic carbocycles. The molecule has 0 spiro atoms. The third-order valence-corrected chi connectivity index (χ3v) is 2.87. The molecule has 6 heteroatoms. The maximum atomic E-state index is 11.8. The SMILES string of the molecule is COc1cccc(NC(=O)Nc2cccc(Cl)c2O)c1. The number of halogens is 1. The van der Waals surface area contributed by atoms with Gasteiger partial charge in [0.25, 0.3) is 0 Å². The number of urea groups is 1. The van der Waals surface area contributed by atoms with Gasteiger partial charge in [-0.3, -0.25) is 0 Å². The van der Waals surface area contributed by atoms with Crippen LogP contribution in [-0.2, 0) is 0 Å². The minimum Gasteiger partial charge on any atom is -0.504 e. The van der Waals surface area contributed by atoms with Gasteiger partial charge < -0.3 is 20.5 Å². The van der Waals surface area contributed by atoms with Crippen molar-refractivity contribution in [2.75, 3.05) is 17.7 Å². The summed E-state index contributed by atoms with van der Waals surface area (Å²) in [6.07, 6.45) is 0. The summed E-state index contributed by atoms with van der Waals surface area (Å²) in [5.74, 6) is 0.461. The lowest BCUT2D eigenvalue weighted by atomic mass is 10.3. The van der Waals surface area contributed by atoms with Gasteiger partial charge in [0, 0.05) is 11.8 Å². The van der Waals surface area contributed by atoms with Crippen LogP contribution in [0.25, 0.3) is 0 Å². The van der Waals surface area contributed by atoms with Gasteiger partial charge in [-0.05, 0) is 24.3 Å². The first-order valence-corrected chi connectivity index (χ1v) is 6.17. The van der Waals surface area contributed by atoms with Crippen LogP contribution in [0.5, 0.6) is 11.5 Å². The summed E-state index contributed by atoms with van der Waals surface area (Å²) >= 11 is 5.76. The van der Waals surface area contributed by atoms with Crippen LogP contribution >= 0.6 is 11.6 Å². The number of nitrogens with one attached hydrogen (secondary N) is 2. The smallest absolute Gasteiger partial charge is 0.323 e. The Bertz CT molecular complexity index is 632. The molecule has 0 aliphatic heterocycles. The molecule has 0 bridgehead atoms. The third-order valence-electron chi connectivity index (χ3n) is 2.56. The molecule has 0 fully saturated rings. The monoisotopic (exact) mass is 292 g/mol. The number of hydrogen-bond donors (Lipinski definition) is 3. The second-order valence-electron chi connectivity index (χ2n) is 3.95. The zero-order valence-corrected chi connectivity index (χ0v) is 11.4. The average Bonchev–Trinajstić information content (AvgIpc) is 2.44. The van der Waals surface area contributed by atoms with Gasteiger partial charge in [-0.25, -0.2) is 4.79 Å². The molecule has 0 heterocycles. The van der Waals surface area contributed by atoms with Crippen LogP contribution in [0.3, 0.4) is 0 Å². The molecule has 0 saturated carbocycles. The number of phenolic OH excluding ortho intramolecular Hbond substituents is 1. The summed E-state index contributed by atoms with van der Waals surface area (Å²) in [5, 5.41) is 15.0. The predicted octanol–water partition coefficient (Wildman–Crippen LogP) is 3.70. The summed E-state index contributed by atoms with van der Waals surface area (Å²) in [6.45, 7) is 0. The van der Waals surface area contributed by atoms with E-state index in [1.54, 1.807) is 43.5 Å². The summed E-state index contributed by atoms with van der Waals surface area (Å²) in [4.78, 5) is 11.8. The Morgan fingerprint density at radius 2 is 1.95 bits per heavy atom. The number of carbonyl (C=O) groups is 1. The Labute approximate surface area is 121 Å². The highest BCUT2D eigenvalue weighted by Crippen LogP contribution is 2.31. The van der Waals surface area contributed by atoms with Crippen molar-refractivity contribution in [1.82, 2.24) is 0 Å². The Morgan fingerprint density at radius 3 is 2.70 bits per heavy atom. The average molecular weight is 293 g/mol. The van der Waals surface area contributed by atoms with E-state index in [1.165, 1.54) is 6.07 Å². The van der Waals surface area contributed by atoms with Crippen LogP contribution in [0.15, 0.2) is 42.5 Å². The summed E-state index contributed by atoms with van der Waals surface area (Å²) in [6, 6.07) is 11.1. The van der Waals surface area contributed by atoms with Gasteiger partial charge in [0.1, 0.15) is 5.75 Å². The summed E-state index contributed by atoms with van der Waals surface area (Å²) < 4.78 is 5.06. The van der Waals surface area contributed by atoms with Crippen LogP contribution in [0.4, 0.5) is 16.2 Å². The molecule has 20 heavy (non-hydrogen) atoms. The molecular formula is C14H13ClN2O3. The third kappa shape index (κ3) is 3.33. The highest BCUT2D eigenvalue weighted by atomic mass is 35.5. The first-order chi connectivity index (χ1) is 9.60. The van der Waals surface area contributed by atoms with E-state index < -0.39 is 6.03 Å². The number of anilines is 2. The molecule has 0 atom stereocenters. The van der Waals surface area contributed by atoms with Crippen molar-refractivity contribution in [3.63, 3.8) is 0 Å². The van der Waals surface area contributed by atoms with E-state index in [1.807, 2.05) is 0 Å². The number of para-hydroxylation sites is 1. The second-order valence-corrected chi connectivity index (χ2v) is 4.35. The van der Waals surface area contributed by atoms with Crippen LogP contribution in [0.1, 0.15) is 0 Å². The Balaban J connectivity index is 2.07. The highest BCUT2D eigenvalue weighted by Gasteiger charge is 2.09. The van der Waals surface area contributed by atoms with Crippen molar-refractivity contribution in [3.05, 3.63) is 47.5 Å². The maximum absolute atomic E-state index is 11.8. The van der Waals surface area contributed by atoms with Gasteiger partial charge in [0.05, 0.1) is 17.8 Å². The van der Waals surface area contributed by atoms with Gasteiger partial charge in [0.15, 0.2) is 5.75 Å². The fourth-order valence-corrected chi connectivity index (χ4v) is 1.78. The van der Waals surface area contributed by atoms with E-state index >= 15 is 0 Å². The molecule has 0 aromatic heterocycles. The van der Waals surface area contributed by atoms with E-state index in [0.29, 0.717) is 11.4 Å². The lowest BCUT2D eigenvalue weighted by molar-refractivity contribution is 0.262. The van der Waals surface area contributed by atoms with Crippen molar-refractivity contribution in [1.29, 1.82) is 0 Å². The quantitative estimate of drug-likeness (QED) is 0.755. The van der Waals surface area contributed by atoms with E-state index in [-0.39, 0.29) is 16.5 Å². The van der Waals surface area contributed by atoms with E-state index in [2.05, 4.69) is 10.6 Å². The van der Waals surface area contributed by atoms with E-state index in [4.69, 9.17) is 16.3 Å². The molecule has 0 radical (unpaired) electrons. The minimum atomic E-state index is -0.490. The van der Waals surface area contributed by atoms with E-state index in [0.717, 1.165) is 0 Å². The van der Waals surface area contributed by atoms with Crippen LogP contribution in [0, 0.1) is 0 Å². The molecule has 3 N–H and O–H groups in total. The van der Waals surface area contributed by atoms with Gasteiger partial charge in [0.2, 0.25) is 0 Å². The number of methoxy groups -OCH3 is 1. The molecule has 2 rings (SSSR count). The van der Waals surface area contributed by atoms with Crippen molar-refractivity contribution >= 4 is 29.0 Å². The van der Waals surface area contributed by atoms with Gasteiger partial charge in [-0.1, -0.05) is 23.7 Å². The van der Waals surface area contributed by atoms with Crippen molar-refractivity contribution in [2.24, 2.45) is 0 Å². The number of ether oxygens (including phenoxy) is 1. The molecule has 0 unspecified atom stereocenters. The van der Waals surface area contributed by atoms with Crippen LogP contribution in [-0.4, -0.2) is 18.2 Å². The molecule has 2 aromatic rings. The van der Waals surface area contributed by atoms with Gasteiger partial charge in [-0.15, -0.1) is 0 Å². The lowest BCUT2D eigenvalue weighted by Crippen LogP contribution is -2.19. The van der Waals surface area contributed by atoms with Crippen molar-refractivity contribution in [3.8, 4) is 11.5 Å². The number of rotatable bonds is 3. The normalized spacial score (nSPS) is 9.90. The number of aromatic hydroxyl groups is 1. The zero-order chi connectivity index (χ0) is 14.5. The minimum absolute atomic E-state index is 0.171. The van der Waals surface area contributed by atoms with Crippen LogP contribution in [0.2, 0.25) is 5.02 Å². The molecular weight excluding hydrogens is 280 g/mol. The summed E-state index contributed by atoms with van der Waals surface area (Å²) in [7, 11) is 1.54. The Morgan fingerprint density at radius 1 is 1.20 bits per heavy atom.